The zero-order valence-corrected chi connectivity index (χ0v) is 13.5. The Morgan fingerprint density at radius 1 is 1.46 bits per heavy atom. The van der Waals surface area contributed by atoms with E-state index >= 15 is 0 Å². The second-order valence-corrected chi connectivity index (χ2v) is 5.79. The van der Waals surface area contributed by atoms with Gasteiger partial charge in [-0.05, 0) is 19.1 Å². The lowest BCUT2D eigenvalue weighted by molar-refractivity contribution is -0.266. The Balaban J connectivity index is 2.26. The number of rotatable bonds is 5. The van der Waals surface area contributed by atoms with Gasteiger partial charge in [0.2, 0.25) is 11.5 Å². The minimum absolute atomic E-state index is 0.0372. The second-order valence-electron chi connectivity index (χ2n) is 4.93. The third-order valence-corrected chi connectivity index (χ3v) is 4.22. The summed E-state index contributed by atoms with van der Waals surface area (Å²) in [6, 6.07) is 3.03. The van der Waals surface area contributed by atoms with E-state index in [2.05, 4.69) is 15.3 Å². The molecule has 6 nitrogen and oxygen atoms in total. The molecule has 0 saturated carbocycles. The number of halogens is 3. The van der Waals surface area contributed by atoms with E-state index < -0.39 is 29.1 Å². The Morgan fingerprint density at radius 3 is 2.71 bits per heavy atom. The van der Waals surface area contributed by atoms with Gasteiger partial charge in [0, 0.05) is 17.3 Å². The van der Waals surface area contributed by atoms with Crippen LogP contribution in [0.3, 0.4) is 0 Å². The van der Waals surface area contributed by atoms with Gasteiger partial charge in [-0.1, -0.05) is 0 Å². The molecule has 2 N–H and O–H groups in total. The Morgan fingerprint density at radius 2 is 2.17 bits per heavy atom. The number of methoxy groups -OCH3 is 1. The summed E-state index contributed by atoms with van der Waals surface area (Å²) in [6.45, 7) is 1.50. The number of amides is 1. The zero-order valence-electron chi connectivity index (χ0n) is 12.7. The largest absolute Gasteiger partial charge is 0.493 e. The Bertz CT molecular complexity index is 735. The smallest absolute Gasteiger partial charge is 0.424 e. The molecular formula is C14H14F3N3O3S. The number of aryl methyl sites for hydroxylation is 1. The molecule has 1 unspecified atom stereocenters. The summed E-state index contributed by atoms with van der Waals surface area (Å²) in [6.07, 6.45) is -4.97. The van der Waals surface area contributed by atoms with Crippen LogP contribution in [0.4, 0.5) is 19.0 Å². The summed E-state index contributed by atoms with van der Waals surface area (Å²) in [7, 11) is 1.33. The molecule has 2 rings (SSSR count). The molecule has 0 spiro atoms. The monoisotopic (exact) mass is 361 g/mol. The highest BCUT2D eigenvalue weighted by molar-refractivity contribution is 7.09. The zero-order chi connectivity index (χ0) is 18.0. The van der Waals surface area contributed by atoms with Crippen molar-refractivity contribution in [1.82, 2.24) is 9.97 Å². The fourth-order valence-corrected chi connectivity index (χ4v) is 2.81. The number of thiazole rings is 1. The molecule has 0 saturated heterocycles. The predicted molar refractivity (Wildman–Crippen MR) is 80.8 cm³/mol. The molecule has 0 bridgehead atoms. The van der Waals surface area contributed by atoms with Gasteiger partial charge in [-0.2, -0.15) is 13.2 Å². The summed E-state index contributed by atoms with van der Waals surface area (Å²) >= 11 is 0.638. The van der Waals surface area contributed by atoms with E-state index in [0.717, 1.165) is 0 Å². The number of nitrogens with one attached hydrogen (secondary N) is 1. The van der Waals surface area contributed by atoms with Gasteiger partial charge in [0.15, 0.2) is 11.6 Å². The molecule has 2 aromatic rings. The lowest BCUT2D eigenvalue weighted by Crippen LogP contribution is -2.45. The molecule has 2 aromatic heterocycles. The van der Waals surface area contributed by atoms with Gasteiger partial charge in [-0.3, -0.25) is 4.79 Å². The number of carbonyl (C=O) groups excluding carboxylic acids is 1. The highest BCUT2D eigenvalue weighted by Crippen LogP contribution is 2.43. The fourth-order valence-electron chi connectivity index (χ4n) is 1.90. The summed E-state index contributed by atoms with van der Waals surface area (Å²) in [4.78, 5) is 19.5. The summed E-state index contributed by atoms with van der Waals surface area (Å²) in [5.41, 5.74) is -3.05. The molecular weight excluding hydrogens is 347 g/mol. The molecule has 130 valence electrons. The van der Waals surface area contributed by atoms with Crippen molar-refractivity contribution in [3.8, 4) is 5.75 Å². The average Bonchev–Trinajstić information content (AvgIpc) is 2.93. The van der Waals surface area contributed by atoms with Crippen LogP contribution in [0, 0.1) is 6.92 Å². The molecule has 0 radical (unpaired) electrons. The van der Waals surface area contributed by atoms with E-state index in [4.69, 9.17) is 4.74 Å². The number of nitrogens with zero attached hydrogens (tertiary/aromatic N) is 2. The van der Waals surface area contributed by atoms with E-state index in [9.17, 15) is 23.1 Å². The Labute approximate surface area is 139 Å². The van der Waals surface area contributed by atoms with Crippen LogP contribution in [0.5, 0.6) is 5.75 Å². The fraction of sp³-hybridized carbons (Fsp3) is 0.357. The van der Waals surface area contributed by atoms with E-state index in [1.807, 2.05) is 0 Å². The molecule has 0 fully saturated rings. The Hall–Kier alpha value is -2.20. The quantitative estimate of drug-likeness (QED) is 0.855. The molecule has 1 atom stereocenters. The van der Waals surface area contributed by atoms with Crippen LogP contribution in [0.2, 0.25) is 0 Å². The molecule has 2 heterocycles. The first-order chi connectivity index (χ1) is 11.2. The second kappa shape index (κ2) is 6.73. The number of ether oxygens (including phenoxy) is 1. The first kappa shape index (κ1) is 18.1. The summed E-state index contributed by atoms with van der Waals surface area (Å²) < 4.78 is 45.0. The highest BCUT2D eigenvalue weighted by atomic mass is 32.1. The lowest BCUT2D eigenvalue weighted by atomic mass is 9.99. The van der Waals surface area contributed by atoms with Gasteiger partial charge in [0.1, 0.15) is 5.01 Å². The molecule has 0 aliphatic heterocycles. The summed E-state index contributed by atoms with van der Waals surface area (Å²) in [5, 5.41) is 13.1. The number of anilines is 1. The van der Waals surface area contributed by atoms with Gasteiger partial charge >= 0.3 is 6.18 Å². The van der Waals surface area contributed by atoms with E-state index in [1.165, 1.54) is 31.7 Å². The maximum absolute atomic E-state index is 13.3. The van der Waals surface area contributed by atoms with Crippen molar-refractivity contribution in [3.05, 3.63) is 34.4 Å². The van der Waals surface area contributed by atoms with Crippen molar-refractivity contribution < 1.29 is 27.8 Å². The van der Waals surface area contributed by atoms with Crippen LogP contribution in [-0.4, -0.2) is 34.3 Å². The van der Waals surface area contributed by atoms with Crippen molar-refractivity contribution >= 4 is 23.1 Å². The number of hydrogen-bond acceptors (Lipinski definition) is 6. The lowest BCUT2D eigenvalue weighted by Gasteiger charge is -2.27. The van der Waals surface area contributed by atoms with Gasteiger partial charge in [0.05, 0.1) is 13.5 Å². The first-order valence-electron chi connectivity index (χ1n) is 6.68. The highest BCUT2D eigenvalue weighted by Gasteiger charge is 2.58. The molecule has 10 heteroatoms. The van der Waals surface area contributed by atoms with E-state index in [1.54, 1.807) is 6.07 Å². The van der Waals surface area contributed by atoms with Crippen LogP contribution >= 0.6 is 11.3 Å². The third-order valence-electron chi connectivity index (χ3n) is 3.11. The number of carbonyl (C=O) groups is 1. The minimum Gasteiger partial charge on any atom is -0.493 e. The van der Waals surface area contributed by atoms with Gasteiger partial charge in [-0.25, -0.2) is 9.97 Å². The molecule has 0 aliphatic rings. The number of hydrogen-bond donors (Lipinski definition) is 2. The van der Waals surface area contributed by atoms with E-state index in [0.29, 0.717) is 17.0 Å². The van der Waals surface area contributed by atoms with Crippen LogP contribution in [0.15, 0.2) is 23.7 Å². The van der Waals surface area contributed by atoms with Crippen LogP contribution in [0.25, 0.3) is 0 Å². The molecule has 0 aliphatic carbocycles. The normalized spacial score (nSPS) is 14.1. The van der Waals surface area contributed by atoms with Crippen molar-refractivity contribution in [1.29, 1.82) is 0 Å². The van der Waals surface area contributed by atoms with E-state index in [-0.39, 0.29) is 11.6 Å². The van der Waals surface area contributed by atoms with Gasteiger partial charge in [-0.15, -0.1) is 11.3 Å². The first-order valence-corrected chi connectivity index (χ1v) is 7.56. The standard InChI is InChI=1S/C14H14F3N3O3S/c1-8-7-24-12(19-8)13(22,14(15,16)17)6-10(21)20-11-9(23-2)4-3-5-18-11/h3-5,7,22H,6H2,1-2H3,(H,18,20,21). The number of pyridine rings is 1. The molecule has 0 aromatic carbocycles. The van der Waals surface area contributed by atoms with Crippen molar-refractivity contribution in [2.75, 3.05) is 12.4 Å². The van der Waals surface area contributed by atoms with Crippen LogP contribution in [-0.2, 0) is 10.4 Å². The SMILES string of the molecule is COc1cccnc1NC(=O)CC(O)(c1nc(C)cs1)C(F)(F)F. The number of aromatic nitrogens is 2. The summed E-state index contributed by atoms with van der Waals surface area (Å²) in [5.74, 6) is -0.920. The minimum atomic E-state index is -5.07. The maximum atomic E-state index is 13.3. The van der Waals surface area contributed by atoms with Gasteiger partial charge < -0.3 is 15.2 Å². The van der Waals surface area contributed by atoms with Gasteiger partial charge in [0.25, 0.3) is 0 Å². The Kier molecular flexibility index (Phi) is 5.09. The predicted octanol–water partition coefficient (Wildman–Crippen LogP) is 2.63. The third kappa shape index (κ3) is 3.65. The van der Waals surface area contributed by atoms with Crippen LogP contribution < -0.4 is 10.1 Å². The topological polar surface area (TPSA) is 84.3 Å². The number of aliphatic hydroxyl groups is 1. The van der Waals surface area contributed by atoms with Crippen molar-refractivity contribution in [2.24, 2.45) is 0 Å². The van der Waals surface area contributed by atoms with Crippen molar-refractivity contribution in [2.45, 2.75) is 25.1 Å². The maximum Gasteiger partial charge on any atom is 0.424 e. The molecule has 1 amide bonds. The van der Waals surface area contributed by atoms with Crippen molar-refractivity contribution in [3.63, 3.8) is 0 Å². The van der Waals surface area contributed by atoms with Crippen LogP contribution in [0.1, 0.15) is 17.1 Å². The molecule has 24 heavy (non-hydrogen) atoms. The number of alkyl halides is 3. The average molecular weight is 361 g/mol.